The van der Waals surface area contributed by atoms with E-state index in [0.717, 1.165) is 82.1 Å². The molecule has 1 atom stereocenters. The van der Waals surface area contributed by atoms with Crippen LogP contribution >= 0.6 is 34.9 Å². The molecule has 5 aliphatic rings. The summed E-state index contributed by atoms with van der Waals surface area (Å²) in [7, 11) is 0. The number of hydrogen-bond acceptors (Lipinski definition) is 8. The van der Waals surface area contributed by atoms with Gasteiger partial charge in [-0.05, 0) is 184 Å². The van der Waals surface area contributed by atoms with Crippen molar-refractivity contribution in [2.45, 2.75) is 49.7 Å². The van der Waals surface area contributed by atoms with E-state index in [9.17, 15) is 0 Å². The van der Waals surface area contributed by atoms with Crippen LogP contribution < -0.4 is 0 Å². The maximum atomic E-state index is 5.96. The Morgan fingerprint density at radius 3 is 1.35 bits per heavy atom. The smallest absolute Gasteiger partial charge is 0.235 e. The van der Waals surface area contributed by atoms with Crippen molar-refractivity contribution >= 4 is 110 Å². The van der Waals surface area contributed by atoms with E-state index >= 15 is 0 Å². The van der Waals surface area contributed by atoms with Crippen LogP contribution in [-0.2, 0) is 16.2 Å². The van der Waals surface area contributed by atoms with Gasteiger partial charge in [-0.3, -0.25) is 4.57 Å². The molecule has 7 heterocycles. The van der Waals surface area contributed by atoms with Gasteiger partial charge in [0.05, 0.1) is 54.5 Å². The van der Waals surface area contributed by atoms with Gasteiger partial charge in [-0.1, -0.05) is 329 Å². The first-order valence-corrected chi connectivity index (χ1v) is 44.2. The SMILES string of the molecule is CC1(C)c2cc(-c3nc(-n4c5ccccc5c5cc6c(cc54)C4(c5ccccc5S6)c5ccccc5-c5ccccc54)nc4c3sc3ccccc34)ccc2-c2cccc(-c3ccc4c(c3)-c3ccccc3C43c4ccccc4Sc4cc5c6ccccc6n(-c6ccc(-c7nc(-c8ccccc8)nc(-c8ccccc8)n7)c7ccccc67)c5cc43)c21. The van der Waals surface area contributed by atoms with Crippen molar-refractivity contribution in [3.05, 3.63) is 426 Å². The highest BCUT2D eigenvalue weighted by atomic mass is 32.2. The van der Waals surface area contributed by atoms with Gasteiger partial charge >= 0.3 is 0 Å². The van der Waals surface area contributed by atoms with Gasteiger partial charge in [0.25, 0.3) is 0 Å². The zero-order valence-corrected chi connectivity index (χ0v) is 68.5. The summed E-state index contributed by atoms with van der Waals surface area (Å²) in [5.41, 5.74) is 32.5. The van der Waals surface area contributed by atoms with Gasteiger partial charge in [-0.15, -0.1) is 11.3 Å². The molecule has 0 N–H and O–H groups in total. The quantitative estimate of drug-likeness (QED) is 0.157. The minimum Gasteiger partial charge on any atom is -0.309 e. The van der Waals surface area contributed by atoms with E-state index in [0.29, 0.717) is 23.4 Å². The molecule has 2 aliphatic heterocycles. The Balaban J connectivity index is 0.603. The third-order valence-corrected chi connectivity index (χ3v) is 30.6. The standard InChI is InChI=1S/C112H67N7S3/c1-110(2)89-59-67(103-105-104(79-39-16-24-49-97(79)122-105)114-109(113-103)119-93-48-23-15-38-76(93)82-61-101-91(63-96(82)119)111(87-45-20-25-50-98(87)120-101)83-42-17-11-33-70(83)71-34-12-18-43-84(71)111)52-54-73(89)77-41-27-40-68(102(77)110)66-53-56-86-80(58-66)72-35-13-19-44-85(72)112(86)88-46-21-26-51-99(88)121-100-60-81-75-37-14-22-47-92(75)118(95(81)62-90(100)112)94-57-55-78(69-32-9-10-36-74(69)94)108-116-106(64-28-5-3-6-29-64)115-107(117-108)65-30-7-4-8-31-65/h3-63H,1-2H3. The van der Waals surface area contributed by atoms with E-state index in [1.807, 2.05) is 59.9 Å². The van der Waals surface area contributed by atoms with E-state index in [-0.39, 0.29) is 0 Å². The molecular formula is C112H67N7S3. The lowest BCUT2D eigenvalue weighted by atomic mass is 9.67. The van der Waals surface area contributed by atoms with Gasteiger partial charge in [0.2, 0.25) is 5.95 Å². The van der Waals surface area contributed by atoms with Gasteiger partial charge in [-0.2, -0.15) is 0 Å². The summed E-state index contributed by atoms with van der Waals surface area (Å²) in [5.74, 6) is 2.53. The van der Waals surface area contributed by atoms with E-state index in [2.05, 4.69) is 357 Å². The van der Waals surface area contributed by atoms with Crippen LogP contribution in [0.1, 0.15) is 69.5 Å². The van der Waals surface area contributed by atoms with Crippen molar-refractivity contribution in [2.75, 3.05) is 0 Å². The molecule has 0 radical (unpaired) electrons. The van der Waals surface area contributed by atoms with Crippen LogP contribution in [0.25, 0.3) is 176 Å². The highest BCUT2D eigenvalue weighted by Crippen LogP contribution is 2.66. The summed E-state index contributed by atoms with van der Waals surface area (Å²) in [4.78, 5) is 32.4. The van der Waals surface area contributed by atoms with Crippen LogP contribution in [0.4, 0.5) is 0 Å². The second kappa shape index (κ2) is 25.3. The molecule has 7 nitrogen and oxygen atoms in total. The predicted molar refractivity (Wildman–Crippen MR) is 502 cm³/mol. The monoisotopic (exact) mass is 1610 g/mol. The molecule has 22 aromatic rings. The summed E-state index contributed by atoms with van der Waals surface area (Å²) in [5, 5.41) is 8.02. The molecule has 122 heavy (non-hydrogen) atoms. The summed E-state index contributed by atoms with van der Waals surface area (Å²) in [6, 6.07) is 138. The Labute approximate surface area is 715 Å². The van der Waals surface area contributed by atoms with E-state index in [4.69, 9.17) is 24.9 Å². The highest BCUT2D eigenvalue weighted by molar-refractivity contribution is 7.99. The van der Waals surface area contributed by atoms with Crippen molar-refractivity contribution in [1.29, 1.82) is 0 Å². The number of hydrogen-bond donors (Lipinski definition) is 0. The fourth-order valence-electron chi connectivity index (χ4n) is 22.1. The summed E-state index contributed by atoms with van der Waals surface area (Å²) in [6.07, 6.45) is 0. The van der Waals surface area contributed by atoms with Crippen LogP contribution in [0.5, 0.6) is 0 Å². The third-order valence-electron chi connectivity index (χ3n) is 27.1. The summed E-state index contributed by atoms with van der Waals surface area (Å²) in [6.45, 7) is 4.88. The third kappa shape index (κ3) is 9.24. The zero-order valence-electron chi connectivity index (χ0n) is 66.1. The number of fused-ring (bicyclic) bond motifs is 31. The normalized spacial score (nSPS) is 15.1. The molecule has 0 fully saturated rings. The van der Waals surface area contributed by atoms with Crippen molar-refractivity contribution in [1.82, 2.24) is 34.1 Å². The maximum Gasteiger partial charge on any atom is 0.235 e. The Hall–Kier alpha value is -14.4. The minimum absolute atomic E-state index is 0.431. The number of rotatable bonds is 7. The van der Waals surface area contributed by atoms with Gasteiger partial charge in [0.1, 0.15) is 0 Å². The Morgan fingerprint density at radius 2 is 0.721 bits per heavy atom. The molecule has 0 amide bonds. The lowest BCUT2D eigenvalue weighted by Gasteiger charge is -2.40. The number of nitrogens with zero attached hydrogens (tertiary/aromatic N) is 7. The average Bonchev–Trinajstić information content (AvgIpc) is 1.50. The van der Waals surface area contributed by atoms with Crippen molar-refractivity contribution in [2.24, 2.45) is 0 Å². The molecule has 0 saturated heterocycles. The largest absolute Gasteiger partial charge is 0.309 e. The zero-order chi connectivity index (χ0) is 80.0. The van der Waals surface area contributed by atoms with Crippen molar-refractivity contribution in [3.63, 3.8) is 0 Å². The number of para-hydroxylation sites is 2. The fourth-order valence-corrected chi connectivity index (χ4v) is 25.7. The van der Waals surface area contributed by atoms with Gasteiger partial charge < -0.3 is 4.57 Å². The van der Waals surface area contributed by atoms with Gasteiger partial charge in [0, 0.05) is 84.3 Å². The van der Waals surface area contributed by atoms with Gasteiger partial charge in [0.15, 0.2) is 17.5 Å². The molecule has 1 unspecified atom stereocenters. The number of thiophene rings is 1. The number of benzene rings is 17. The Morgan fingerprint density at radius 1 is 0.254 bits per heavy atom. The van der Waals surface area contributed by atoms with Crippen LogP contribution in [0.15, 0.2) is 390 Å². The maximum absolute atomic E-state index is 5.96. The molecule has 3 aliphatic carbocycles. The first kappa shape index (κ1) is 68.5. The second-order valence-electron chi connectivity index (χ2n) is 33.5. The lowest BCUT2D eigenvalue weighted by Crippen LogP contribution is -2.32. The van der Waals surface area contributed by atoms with E-state index < -0.39 is 16.2 Å². The molecule has 17 aromatic carbocycles. The second-order valence-corrected chi connectivity index (χ2v) is 36.7. The van der Waals surface area contributed by atoms with Crippen molar-refractivity contribution in [3.8, 4) is 102 Å². The Kier molecular flexibility index (Phi) is 14.2. The molecule has 0 bridgehead atoms. The summed E-state index contributed by atoms with van der Waals surface area (Å²) < 4.78 is 7.15. The lowest BCUT2D eigenvalue weighted by molar-refractivity contribution is 0.662. The molecule has 27 rings (SSSR count). The summed E-state index contributed by atoms with van der Waals surface area (Å²) >= 11 is 5.57. The molecule has 0 saturated carbocycles. The van der Waals surface area contributed by atoms with Crippen molar-refractivity contribution < 1.29 is 0 Å². The fraction of sp³-hybridized carbons (Fsp3) is 0.0446. The highest BCUT2D eigenvalue weighted by Gasteiger charge is 2.53. The topological polar surface area (TPSA) is 74.3 Å². The number of aromatic nitrogens is 7. The van der Waals surface area contributed by atoms with Gasteiger partial charge in [-0.25, -0.2) is 24.9 Å². The molecular weight excluding hydrogens is 1540 g/mol. The van der Waals surface area contributed by atoms with Crippen LogP contribution in [0.2, 0.25) is 0 Å². The van der Waals surface area contributed by atoms with E-state index in [1.165, 1.54) is 146 Å². The minimum atomic E-state index is -0.675. The van der Waals surface area contributed by atoms with Crippen LogP contribution in [0.3, 0.4) is 0 Å². The first-order chi connectivity index (χ1) is 60.2. The Bertz CT molecular complexity index is 8300. The first-order valence-electron chi connectivity index (χ1n) is 41.8. The molecule has 5 aromatic heterocycles. The predicted octanol–water partition coefficient (Wildman–Crippen LogP) is 28.7. The van der Waals surface area contributed by atoms with Crippen LogP contribution in [-0.4, -0.2) is 34.1 Å². The molecule has 568 valence electrons. The molecule has 2 spiro atoms. The average molecular weight is 1610 g/mol. The van der Waals surface area contributed by atoms with Crippen LogP contribution in [0, 0.1) is 0 Å². The molecule has 10 heteroatoms. The van der Waals surface area contributed by atoms with E-state index in [1.54, 1.807) is 11.3 Å².